The molecule has 0 saturated heterocycles. The lowest BCUT2D eigenvalue weighted by atomic mass is 9.73. The van der Waals surface area contributed by atoms with Crippen LogP contribution in [-0.4, -0.2) is 19.1 Å². The molecule has 0 aromatic heterocycles. The van der Waals surface area contributed by atoms with Gasteiger partial charge in [0.2, 0.25) is 0 Å². The van der Waals surface area contributed by atoms with E-state index in [2.05, 4.69) is 12.1 Å². The highest BCUT2D eigenvalue weighted by Crippen LogP contribution is 2.37. The molecule has 2 rings (SSSR count). The van der Waals surface area contributed by atoms with Crippen LogP contribution in [0.15, 0.2) is 30.3 Å². The number of hydrogen-bond donors (Lipinski definition) is 1. The third kappa shape index (κ3) is 3.35. The molecule has 0 spiro atoms. The Bertz CT molecular complexity index is 398. The van der Waals surface area contributed by atoms with E-state index in [1.165, 1.54) is 26.4 Å². The minimum Gasteiger partial charge on any atom is -0.468 e. The van der Waals surface area contributed by atoms with E-state index in [4.69, 9.17) is 10.5 Å². The van der Waals surface area contributed by atoms with E-state index in [0.29, 0.717) is 5.92 Å². The first kappa shape index (κ1) is 14.1. The van der Waals surface area contributed by atoms with Crippen LogP contribution in [0.5, 0.6) is 0 Å². The van der Waals surface area contributed by atoms with Gasteiger partial charge in [-0.3, -0.25) is 4.79 Å². The van der Waals surface area contributed by atoms with Gasteiger partial charge in [0.05, 0.1) is 7.11 Å². The smallest absolute Gasteiger partial charge is 0.323 e. The maximum atomic E-state index is 11.8. The Labute approximate surface area is 115 Å². The molecule has 3 nitrogen and oxygen atoms in total. The van der Waals surface area contributed by atoms with Crippen molar-refractivity contribution in [2.24, 2.45) is 11.7 Å². The highest BCUT2D eigenvalue weighted by atomic mass is 16.5. The summed E-state index contributed by atoms with van der Waals surface area (Å²) in [4.78, 5) is 11.8. The summed E-state index contributed by atoms with van der Waals surface area (Å²) in [5.41, 5.74) is 7.32. The van der Waals surface area contributed by atoms with Crippen molar-refractivity contribution in [3.63, 3.8) is 0 Å². The summed E-state index contributed by atoms with van der Waals surface area (Å²) >= 11 is 0. The first-order valence-electron chi connectivity index (χ1n) is 7.12. The Hall–Kier alpha value is -1.35. The normalized spacial score (nSPS) is 19.7. The molecule has 1 fully saturated rings. The summed E-state index contributed by atoms with van der Waals surface area (Å²) in [6.07, 6.45) is 6.09. The van der Waals surface area contributed by atoms with Gasteiger partial charge in [0, 0.05) is 5.92 Å². The molecule has 1 aromatic rings. The highest BCUT2D eigenvalue weighted by Gasteiger charge is 2.34. The molecular formula is C16H23NO2. The van der Waals surface area contributed by atoms with Crippen LogP contribution in [0.2, 0.25) is 0 Å². The van der Waals surface area contributed by atoms with Crippen molar-refractivity contribution >= 4 is 5.97 Å². The van der Waals surface area contributed by atoms with Crippen LogP contribution in [0.4, 0.5) is 0 Å². The largest absolute Gasteiger partial charge is 0.468 e. The minimum atomic E-state index is -0.560. The molecule has 2 atom stereocenters. The molecule has 0 amide bonds. The van der Waals surface area contributed by atoms with Gasteiger partial charge >= 0.3 is 5.97 Å². The van der Waals surface area contributed by atoms with Gasteiger partial charge in [0.15, 0.2) is 0 Å². The van der Waals surface area contributed by atoms with Crippen molar-refractivity contribution in [2.45, 2.75) is 44.1 Å². The van der Waals surface area contributed by atoms with Crippen molar-refractivity contribution in [3.8, 4) is 0 Å². The number of nitrogens with two attached hydrogens (primary N) is 1. The van der Waals surface area contributed by atoms with E-state index < -0.39 is 6.04 Å². The van der Waals surface area contributed by atoms with Gasteiger partial charge in [-0.25, -0.2) is 0 Å². The predicted molar refractivity (Wildman–Crippen MR) is 75.7 cm³/mol. The quantitative estimate of drug-likeness (QED) is 0.848. The molecule has 0 bridgehead atoms. The van der Waals surface area contributed by atoms with Crippen molar-refractivity contribution < 1.29 is 9.53 Å². The molecule has 104 valence electrons. The molecule has 1 saturated carbocycles. The Kier molecular flexibility index (Phi) is 4.97. The molecule has 1 aliphatic rings. The first-order valence-corrected chi connectivity index (χ1v) is 7.12. The topological polar surface area (TPSA) is 52.3 Å². The molecule has 1 aliphatic carbocycles. The average molecular weight is 261 g/mol. The second-order valence-corrected chi connectivity index (χ2v) is 5.38. The number of hydrogen-bond acceptors (Lipinski definition) is 3. The van der Waals surface area contributed by atoms with E-state index in [1.54, 1.807) is 0 Å². The lowest BCUT2D eigenvalue weighted by molar-refractivity contribution is -0.143. The van der Waals surface area contributed by atoms with Gasteiger partial charge < -0.3 is 10.5 Å². The zero-order valence-corrected chi connectivity index (χ0v) is 11.5. The van der Waals surface area contributed by atoms with Crippen LogP contribution in [0.3, 0.4) is 0 Å². The van der Waals surface area contributed by atoms with E-state index >= 15 is 0 Å². The van der Waals surface area contributed by atoms with E-state index in [9.17, 15) is 4.79 Å². The van der Waals surface area contributed by atoms with Crippen LogP contribution in [0.25, 0.3) is 0 Å². The number of esters is 1. The van der Waals surface area contributed by atoms with Crippen LogP contribution < -0.4 is 5.73 Å². The molecule has 1 aromatic carbocycles. The second kappa shape index (κ2) is 6.71. The Morgan fingerprint density at radius 1 is 1.21 bits per heavy atom. The molecular weight excluding hydrogens is 238 g/mol. The van der Waals surface area contributed by atoms with E-state index in [1.807, 2.05) is 18.2 Å². The maximum absolute atomic E-state index is 11.8. The average Bonchev–Trinajstić information content (AvgIpc) is 2.49. The van der Waals surface area contributed by atoms with Crippen LogP contribution >= 0.6 is 0 Å². The molecule has 2 N–H and O–H groups in total. The van der Waals surface area contributed by atoms with Crippen molar-refractivity contribution in [1.82, 2.24) is 0 Å². The van der Waals surface area contributed by atoms with Crippen LogP contribution in [-0.2, 0) is 9.53 Å². The predicted octanol–water partition coefficient (Wildman–Crippen LogP) is 2.85. The van der Waals surface area contributed by atoms with Crippen LogP contribution in [0.1, 0.15) is 43.6 Å². The summed E-state index contributed by atoms with van der Waals surface area (Å²) in [7, 11) is 1.41. The zero-order chi connectivity index (χ0) is 13.7. The lowest BCUT2D eigenvalue weighted by Gasteiger charge is -2.33. The standard InChI is InChI=1S/C16H23NO2/c1-19-16(18)15(17)14(12-8-4-2-5-9-12)13-10-6-3-7-11-13/h2,4-5,8-9,13-15H,3,6-7,10-11,17H2,1H3/t14?,15-/m0/s1. The van der Waals surface area contributed by atoms with Crippen molar-refractivity contribution in [1.29, 1.82) is 0 Å². The monoisotopic (exact) mass is 261 g/mol. The van der Waals surface area contributed by atoms with Crippen molar-refractivity contribution in [3.05, 3.63) is 35.9 Å². The minimum absolute atomic E-state index is 0.0777. The molecule has 0 radical (unpaired) electrons. The fourth-order valence-electron chi connectivity index (χ4n) is 3.22. The Morgan fingerprint density at radius 2 is 1.84 bits per heavy atom. The summed E-state index contributed by atoms with van der Waals surface area (Å²) < 4.78 is 4.84. The fourth-order valence-corrected chi connectivity index (χ4v) is 3.22. The number of carbonyl (C=O) groups is 1. The van der Waals surface area contributed by atoms with Crippen LogP contribution in [0, 0.1) is 5.92 Å². The third-order valence-electron chi connectivity index (χ3n) is 4.20. The zero-order valence-electron chi connectivity index (χ0n) is 11.5. The van der Waals surface area contributed by atoms with Gasteiger partial charge in [-0.1, -0.05) is 49.6 Å². The SMILES string of the molecule is COC(=O)[C@@H](N)C(c1ccccc1)C1CCCCC1. The first-order chi connectivity index (χ1) is 9.24. The molecule has 3 heteroatoms. The summed E-state index contributed by atoms with van der Waals surface area (Å²) in [5, 5.41) is 0. The third-order valence-corrected chi connectivity index (χ3v) is 4.20. The maximum Gasteiger partial charge on any atom is 0.323 e. The fraction of sp³-hybridized carbons (Fsp3) is 0.562. The number of carbonyl (C=O) groups excluding carboxylic acids is 1. The van der Waals surface area contributed by atoms with E-state index in [0.717, 1.165) is 18.4 Å². The van der Waals surface area contributed by atoms with Crippen molar-refractivity contribution in [2.75, 3.05) is 7.11 Å². The Balaban J connectivity index is 2.24. The number of rotatable bonds is 4. The van der Waals surface area contributed by atoms with Gasteiger partial charge in [-0.05, 0) is 24.3 Å². The lowest BCUT2D eigenvalue weighted by Crippen LogP contribution is -2.41. The summed E-state index contributed by atoms with van der Waals surface area (Å²) in [5.74, 6) is 0.263. The second-order valence-electron chi connectivity index (χ2n) is 5.38. The molecule has 1 unspecified atom stereocenters. The Morgan fingerprint density at radius 3 is 2.42 bits per heavy atom. The number of benzene rings is 1. The number of methoxy groups -OCH3 is 1. The van der Waals surface area contributed by atoms with Gasteiger partial charge in [-0.15, -0.1) is 0 Å². The van der Waals surface area contributed by atoms with Gasteiger partial charge in [0.25, 0.3) is 0 Å². The highest BCUT2D eigenvalue weighted by molar-refractivity contribution is 5.76. The summed E-state index contributed by atoms with van der Waals surface area (Å²) in [6.45, 7) is 0. The van der Waals surface area contributed by atoms with E-state index in [-0.39, 0.29) is 11.9 Å². The number of ether oxygens (including phenoxy) is 1. The molecule has 0 aliphatic heterocycles. The molecule has 19 heavy (non-hydrogen) atoms. The van der Waals surface area contributed by atoms with Gasteiger partial charge in [0.1, 0.15) is 6.04 Å². The van der Waals surface area contributed by atoms with Gasteiger partial charge in [-0.2, -0.15) is 0 Å². The summed E-state index contributed by atoms with van der Waals surface area (Å²) in [6, 6.07) is 9.59. The molecule has 0 heterocycles.